The number of fused-ring (bicyclic) bond motifs is 4. The smallest absolute Gasteiger partial charge is 0.257 e. The summed E-state index contributed by atoms with van der Waals surface area (Å²) < 4.78 is 47.9. The standard InChI is InChI=1S/C35H27F3N6O2S/c1-18-42-43-34(46-18)28-25(11-7-19-4-8-22(36)9-5-19)41-31-26-3-2-14-44(26)35(45)30(31)29(28)27-16-21-12-13-39-33(32(21)47-27)40-17-20-6-10-23(37)24(38)15-20/h4-6,8-10,12-13,15-16,26H,2-3,7,11,14,17H2,1H3,(H,39,40)/t26-/m0/s1. The Morgan fingerprint density at radius 3 is 2.57 bits per heavy atom. The lowest BCUT2D eigenvalue weighted by molar-refractivity contribution is 0.0776. The van der Waals surface area contributed by atoms with Crippen LogP contribution in [0.5, 0.6) is 0 Å². The van der Waals surface area contributed by atoms with E-state index in [1.807, 2.05) is 17.0 Å². The summed E-state index contributed by atoms with van der Waals surface area (Å²) in [5, 5.41) is 12.7. The highest BCUT2D eigenvalue weighted by atomic mass is 32.1. The zero-order valence-corrected chi connectivity index (χ0v) is 26.0. The van der Waals surface area contributed by atoms with Gasteiger partial charge in [-0.05, 0) is 78.6 Å². The first-order chi connectivity index (χ1) is 22.8. The van der Waals surface area contributed by atoms with E-state index in [0.29, 0.717) is 53.3 Å². The van der Waals surface area contributed by atoms with E-state index in [1.165, 1.54) is 29.5 Å². The van der Waals surface area contributed by atoms with E-state index in [0.717, 1.165) is 56.9 Å². The van der Waals surface area contributed by atoms with Crippen LogP contribution in [0.2, 0.25) is 0 Å². The van der Waals surface area contributed by atoms with Crippen LogP contribution in [0.25, 0.3) is 32.0 Å². The van der Waals surface area contributed by atoms with Crippen LogP contribution in [0, 0.1) is 24.4 Å². The van der Waals surface area contributed by atoms with Crippen molar-refractivity contribution in [3.05, 3.63) is 112 Å². The third-order valence-electron chi connectivity index (χ3n) is 8.77. The minimum Gasteiger partial charge on any atom is -0.421 e. The summed E-state index contributed by atoms with van der Waals surface area (Å²) in [6.07, 6.45) is 4.50. The molecule has 0 aliphatic carbocycles. The van der Waals surface area contributed by atoms with Crippen molar-refractivity contribution in [1.29, 1.82) is 0 Å². The number of amides is 1. The van der Waals surface area contributed by atoms with Crippen LogP contribution >= 0.6 is 11.3 Å². The Morgan fingerprint density at radius 1 is 0.957 bits per heavy atom. The zero-order valence-electron chi connectivity index (χ0n) is 25.2. The van der Waals surface area contributed by atoms with Crippen molar-refractivity contribution < 1.29 is 22.4 Å². The molecule has 1 amide bonds. The van der Waals surface area contributed by atoms with Gasteiger partial charge in [0.15, 0.2) is 11.6 Å². The Hall–Kier alpha value is -5.10. The van der Waals surface area contributed by atoms with E-state index < -0.39 is 11.6 Å². The van der Waals surface area contributed by atoms with Gasteiger partial charge in [0.05, 0.1) is 33.3 Å². The van der Waals surface area contributed by atoms with Crippen LogP contribution in [0.1, 0.15) is 57.6 Å². The second-order valence-corrected chi connectivity index (χ2v) is 12.8. The van der Waals surface area contributed by atoms with E-state index in [4.69, 9.17) is 9.40 Å². The molecule has 8 nitrogen and oxygen atoms in total. The molecule has 2 aromatic carbocycles. The molecule has 2 aliphatic heterocycles. The number of anilines is 1. The maximum atomic E-state index is 14.1. The summed E-state index contributed by atoms with van der Waals surface area (Å²) in [4.78, 5) is 26.5. The number of nitrogens with zero attached hydrogens (tertiary/aromatic N) is 5. The number of thiophene rings is 1. The molecule has 1 atom stereocenters. The third kappa shape index (κ3) is 5.22. The van der Waals surface area contributed by atoms with Crippen molar-refractivity contribution in [2.24, 2.45) is 0 Å². The van der Waals surface area contributed by atoms with Gasteiger partial charge in [0.25, 0.3) is 5.91 Å². The van der Waals surface area contributed by atoms with Gasteiger partial charge >= 0.3 is 0 Å². The molecular weight excluding hydrogens is 625 g/mol. The van der Waals surface area contributed by atoms with Crippen molar-refractivity contribution >= 4 is 33.1 Å². The first kappa shape index (κ1) is 29.3. The highest BCUT2D eigenvalue weighted by molar-refractivity contribution is 7.23. The van der Waals surface area contributed by atoms with E-state index in [1.54, 1.807) is 25.3 Å². The second-order valence-electron chi connectivity index (χ2n) is 11.8. The van der Waals surface area contributed by atoms with Gasteiger partial charge in [-0.2, -0.15) is 0 Å². The first-order valence-corrected chi connectivity index (χ1v) is 16.1. The number of carbonyl (C=O) groups is 1. The minimum atomic E-state index is -0.912. The number of aromatic nitrogens is 4. The third-order valence-corrected chi connectivity index (χ3v) is 9.95. The molecule has 47 heavy (non-hydrogen) atoms. The van der Waals surface area contributed by atoms with Crippen LogP contribution in [0.15, 0.2) is 65.2 Å². The number of carbonyl (C=O) groups excluding carboxylic acids is 1. The van der Waals surface area contributed by atoms with Crippen LogP contribution in [0.3, 0.4) is 0 Å². The summed E-state index contributed by atoms with van der Waals surface area (Å²) in [6, 6.07) is 14.0. The van der Waals surface area contributed by atoms with Gasteiger partial charge in [-0.15, -0.1) is 21.5 Å². The second kappa shape index (κ2) is 11.6. The Balaban J connectivity index is 1.28. The lowest BCUT2D eigenvalue weighted by Gasteiger charge is -2.16. The molecule has 0 spiro atoms. The molecule has 6 aromatic rings. The van der Waals surface area contributed by atoms with Crippen molar-refractivity contribution in [2.45, 2.75) is 45.2 Å². The average Bonchev–Trinajstić information content (AvgIpc) is 3.87. The SMILES string of the molecule is Cc1nnc(-c2c(CCc3ccc(F)cc3)nc3c(c2-c2cc4ccnc(NCc5ccc(F)c(F)c5)c4s2)C(=O)N2CCC[C@@H]32)o1. The highest BCUT2D eigenvalue weighted by Crippen LogP contribution is 2.50. The van der Waals surface area contributed by atoms with Gasteiger partial charge < -0.3 is 14.6 Å². The van der Waals surface area contributed by atoms with Gasteiger partial charge in [0, 0.05) is 36.7 Å². The molecule has 8 rings (SSSR count). The normalized spacial score (nSPS) is 15.4. The van der Waals surface area contributed by atoms with E-state index in [2.05, 4.69) is 20.5 Å². The Kier molecular flexibility index (Phi) is 7.24. The van der Waals surface area contributed by atoms with Crippen molar-refractivity contribution in [1.82, 2.24) is 25.1 Å². The lowest BCUT2D eigenvalue weighted by Crippen LogP contribution is -2.22. The summed E-state index contributed by atoms with van der Waals surface area (Å²) in [7, 11) is 0. The summed E-state index contributed by atoms with van der Waals surface area (Å²) in [5.41, 5.74) is 4.84. The predicted molar refractivity (Wildman–Crippen MR) is 171 cm³/mol. The maximum Gasteiger partial charge on any atom is 0.257 e. The molecule has 6 heterocycles. The van der Waals surface area contributed by atoms with Gasteiger partial charge in [-0.25, -0.2) is 18.2 Å². The van der Waals surface area contributed by atoms with Gasteiger partial charge in [0.2, 0.25) is 11.8 Å². The number of hydrogen-bond donors (Lipinski definition) is 1. The van der Waals surface area contributed by atoms with Crippen molar-refractivity contribution in [2.75, 3.05) is 11.9 Å². The molecule has 12 heteroatoms. The molecule has 0 radical (unpaired) electrons. The number of aryl methyl sites for hydroxylation is 3. The maximum absolute atomic E-state index is 14.1. The number of halogens is 3. The summed E-state index contributed by atoms with van der Waals surface area (Å²) in [5.74, 6) is -0.953. The molecule has 2 aliphatic rings. The quantitative estimate of drug-likeness (QED) is 0.179. The van der Waals surface area contributed by atoms with Crippen molar-refractivity contribution in [3.8, 4) is 21.9 Å². The fourth-order valence-electron chi connectivity index (χ4n) is 6.57. The van der Waals surface area contributed by atoms with Crippen LogP contribution < -0.4 is 5.32 Å². The van der Waals surface area contributed by atoms with Gasteiger partial charge in [-0.3, -0.25) is 9.78 Å². The molecule has 1 fully saturated rings. The molecule has 1 saturated heterocycles. The fraction of sp³-hybridized carbons (Fsp3) is 0.229. The zero-order chi connectivity index (χ0) is 32.2. The van der Waals surface area contributed by atoms with E-state index in [-0.39, 0.29) is 30.2 Å². The topological polar surface area (TPSA) is 97.0 Å². The van der Waals surface area contributed by atoms with Crippen LogP contribution in [-0.2, 0) is 19.4 Å². The van der Waals surface area contributed by atoms with Gasteiger partial charge in [-0.1, -0.05) is 18.2 Å². The van der Waals surface area contributed by atoms with E-state index >= 15 is 0 Å². The number of rotatable bonds is 8. The largest absolute Gasteiger partial charge is 0.421 e. The first-order valence-electron chi connectivity index (χ1n) is 15.3. The fourth-order valence-corrected chi connectivity index (χ4v) is 7.75. The minimum absolute atomic E-state index is 0.0696. The number of benzene rings is 2. The average molecular weight is 653 g/mol. The molecule has 0 unspecified atom stereocenters. The van der Waals surface area contributed by atoms with Crippen molar-refractivity contribution in [3.63, 3.8) is 0 Å². The van der Waals surface area contributed by atoms with Crippen LogP contribution in [0.4, 0.5) is 19.0 Å². The molecular formula is C35H27F3N6O2S. The summed E-state index contributed by atoms with van der Waals surface area (Å²) >= 11 is 1.47. The lowest BCUT2D eigenvalue weighted by atomic mass is 9.93. The Morgan fingerprint density at radius 2 is 1.79 bits per heavy atom. The number of nitrogens with one attached hydrogen (secondary N) is 1. The molecule has 0 bridgehead atoms. The molecule has 1 N–H and O–H groups in total. The Labute approximate surface area is 271 Å². The van der Waals surface area contributed by atoms with Crippen LogP contribution in [-0.4, -0.2) is 37.5 Å². The van der Waals surface area contributed by atoms with Gasteiger partial charge in [0.1, 0.15) is 11.6 Å². The number of hydrogen-bond acceptors (Lipinski definition) is 8. The van der Waals surface area contributed by atoms with E-state index in [9.17, 15) is 18.0 Å². The predicted octanol–water partition coefficient (Wildman–Crippen LogP) is 7.82. The molecule has 4 aromatic heterocycles. The molecule has 236 valence electrons. The summed E-state index contributed by atoms with van der Waals surface area (Å²) in [6.45, 7) is 2.61. The highest BCUT2D eigenvalue weighted by Gasteiger charge is 2.44. The monoisotopic (exact) mass is 652 g/mol. The number of pyridine rings is 2. The Bertz CT molecular complexity index is 2180. The molecule has 0 saturated carbocycles.